The van der Waals surface area contributed by atoms with Gasteiger partial charge in [-0.2, -0.15) is 0 Å². The quantitative estimate of drug-likeness (QED) is 0.696. The molecule has 0 aliphatic carbocycles. The van der Waals surface area contributed by atoms with E-state index in [9.17, 15) is 4.79 Å². The molecule has 0 heterocycles. The molecule has 0 spiro atoms. The van der Waals surface area contributed by atoms with Gasteiger partial charge < -0.3 is 15.8 Å². The van der Waals surface area contributed by atoms with Crippen molar-refractivity contribution in [1.29, 1.82) is 0 Å². The Morgan fingerprint density at radius 1 is 1.29 bits per heavy atom. The fourth-order valence-corrected chi connectivity index (χ4v) is 2.39. The lowest BCUT2D eigenvalue weighted by molar-refractivity contribution is -0.121. The van der Waals surface area contributed by atoms with Gasteiger partial charge in [0.15, 0.2) is 0 Å². The van der Waals surface area contributed by atoms with E-state index in [2.05, 4.69) is 12.2 Å². The van der Waals surface area contributed by atoms with Crippen LogP contribution in [0.4, 0.5) is 0 Å². The van der Waals surface area contributed by atoms with Gasteiger partial charge in [-0.1, -0.05) is 25.5 Å². The molecule has 0 fully saturated rings. The van der Waals surface area contributed by atoms with Crippen LogP contribution in [0.5, 0.6) is 5.75 Å². The van der Waals surface area contributed by atoms with Crippen molar-refractivity contribution >= 4 is 5.91 Å². The van der Waals surface area contributed by atoms with Crippen LogP contribution in [0.3, 0.4) is 0 Å². The van der Waals surface area contributed by atoms with Crippen molar-refractivity contribution in [2.75, 3.05) is 20.2 Å². The number of hydrogen-bond donors (Lipinski definition) is 2. The number of carbonyl (C=O) groups excluding carboxylic acids is 1. The first-order valence-electron chi connectivity index (χ1n) is 7.79. The maximum atomic E-state index is 11.9. The highest BCUT2D eigenvalue weighted by atomic mass is 16.5. The van der Waals surface area contributed by atoms with Crippen molar-refractivity contribution in [3.63, 3.8) is 0 Å². The van der Waals surface area contributed by atoms with Crippen molar-refractivity contribution in [2.45, 2.75) is 39.0 Å². The molecule has 0 aliphatic heterocycles. The highest BCUT2D eigenvalue weighted by molar-refractivity contribution is 5.76. The van der Waals surface area contributed by atoms with E-state index in [0.717, 1.165) is 43.5 Å². The van der Waals surface area contributed by atoms with Gasteiger partial charge >= 0.3 is 0 Å². The van der Waals surface area contributed by atoms with Crippen LogP contribution in [-0.4, -0.2) is 26.1 Å². The zero-order valence-corrected chi connectivity index (χ0v) is 13.2. The van der Waals surface area contributed by atoms with E-state index in [4.69, 9.17) is 10.5 Å². The molecule has 1 atom stereocenters. The fraction of sp³-hybridized carbons (Fsp3) is 0.588. The molecule has 1 aromatic rings. The summed E-state index contributed by atoms with van der Waals surface area (Å²) in [6, 6.07) is 7.85. The Morgan fingerprint density at radius 2 is 2.00 bits per heavy atom. The first kappa shape index (κ1) is 17.5. The lowest BCUT2D eigenvalue weighted by atomic mass is 10.00. The smallest absolute Gasteiger partial charge is 0.220 e. The highest BCUT2D eigenvalue weighted by Gasteiger charge is 2.09. The summed E-state index contributed by atoms with van der Waals surface area (Å²) < 4.78 is 5.12. The van der Waals surface area contributed by atoms with Crippen LogP contribution >= 0.6 is 0 Å². The van der Waals surface area contributed by atoms with E-state index in [-0.39, 0.29) is 5.91 Å². The van der Waals surface area contributed by atoms with Gasteiger partial charge in [0, 0.05) is 13.0 Å². The fourth-order valence-electron chi connectivity index (χ4n) is 2.39. The van der Waals surface area contributed by atoms with Gasteiger partial charge in [0.25, 0.3) is 0 Å². The van der Waals surface area contributed by atoms with Gasteiger partial charge in [0.05, 0.1) is 7.11 Å². The zero-order chi connectivity index (χ0) is 15.5. The van der Waals surface area contributed by atoms with E-state index in [1.165, 1.54) is 0 Å². The standard InChI is InChI=1S/C17H28N2O2/c1-3-4-15(11-12-18)13-19-17(20)10-7-14-5-8-16(21-2)9-6-14/h5-6,8-9,15H,3-4,7,10-13,18H2,1-2H3,(H,19,20). The molecule has 0 bridgehead atoms. The maximum Gasteiger partial charge on any atom is 0.220 e. The normalized spacial score (nSPS) is 12.0. The third kappa shape index (κ3) is 7.14. The molecule has 0 radical (unpaired) electrons. The number of ether oxygens (including phenoxy) is 1. The average molecular weight is 292 g/mol. The molecule has 0 saturated heterocycles. The SMILES string of the molecule is CCCC(CCN)CNC(=O)CCc1ccc(OC)cc1. The minimum atomic E-state index is 0.115. The number of hydrogen-bond acceptors (Lipinski definition) is 3. The van der Waals surface area contributed by atoms with Gasteiger partial charge in [-0.3, -0.25) is 4.79 Å². The molecule has 0 saturated carbocycles. The molecule has 0 aliphatic rings. The van der Waals surface area contributed by atoms with Crippen molar-refractivity contribution in [3.05, 3.63) is 29.8 Å². The van der Waals surface area contributed by atoms with Crippen LogP contribution in [0.25, 0.3) is 0 Å². The monoisotopic (exact) mass is 292 g/mol. The van der Waals surface area contributed by atoms with Crippen LogP contribution in [0.1, 0.15) is 38.2 Å². The summed E-state index contributed by atoms with van der Waals surface area (Å²) in [5.74, 6) is 1.46. The number of benzene rings is 1. The third-order valence-electron chi connectivity index (χ3n) is 3.66. The topological polar surface area (TPSA) is 64.3 Å². The molecular weight excluding hydrogens is 264 g/mol. The van der Waals surface area contributed by atoms with Gasteiger partial charge in [0.1, 0.15) is 5.75 Å². The summed E-state index contributed by atoms with van der Waals surface area (Å²) in [7, 11) is 1.65. The van der Waals surface area contributed by atoms with Crippen molar-refractivity contribution in [1.82, 2.24) is 5.32 Å². The Morgan fingerprint density at radius 3 is 2.57 bits per heavy atom. The number of rotatable bonds is 10. The highest BCUT2D eigenvalue weighted by Crippen LogP contribution is 2.13. The Kier molecular flexibility index (Phi) is 8.51. The molecule has 1 amide bonds. The Hall–Kier alpha value is -1.55. The van der Waals surface area contributed by atoms with Gasteiger partial charge in [-0.25, -0.2) is 0 Å². The van der Waals surface area contributed by atoms with Crippen LogP contribution in [0.15, 0.2) is 24.3 Å². The molecule has 4 nitrogen and oxygen atoms in total. The molecule has 0 aromatic heterocycles. The van der Waals surface area contributed by atoms with Crippen LogP contribution in [0.2, 0.25) is 0 Å². The number of amides is 1. The van der Waals surface area contributed by atoms with E-state index in [0.29, 0.717) is 18.9 Å². The number of nitrogens with two attached hydrogens (primary N) is 1. The van der Waals surface area contributed by atoms with Crippen LogP contribution < -0.4 is 15.8 Å². The summed E-state index contributed by atoms with van der Waals surface area (Å²) in [6.07, 6.45) is 4.51. The first-order valence-corrected chi connectivity index (χ1v) is 7.79. The summed E-state index contributed by atoms with van der Waals surface area (Å²) >= 11 is 0. The number of carbonyl (C=O) groups is 1. The molecule has 1 rings (SSSR count). The minimum absolute atomic E-state index is 0.115. The van der Waals surface area contributed by atoms with E-state index >= 15 is 0 Å². The van der Waals surface area contributed by atoms with Gasteiger partial charge in [-0.05, 0) is 49.4 Å². The Labute approximate surface area is 128 Å². The molecule has 4 heteroatoms. The second-order valence-corrected chi connectivity index (χ2v) is 5.38. The molecular formula is C17H28N2O2. The van der Waals surface area contributed by atoms with Crippen LogP contribution in [-0.2, 0) is 11.2 Å². The summed E-state index contributed by atoms with van der Waals surface area (Å²) in [5, 5.41) is 3.03. The van der Waals surface area contributed by atoms with Crippen molar-refractivity contribution in [3.8, 4) is 5.75 Å². The van der Waals surface area contributed by atoms with Gasteiger partial charge in [-0.15, -0.1) is 0 Å². The Balaban J connectivity index is 2.29. The lowest BCUT2D eigenvalue weighted by Crippen LogP contribution is -2.30. The molecule has 1 aromatic carbocycles. The second-order valence-electron chi connectivity index (χ2n) is 5.38. The van der Waals surface area contributed by atoms with Gasteiger partial charge in [0.2, 0.25) is 5.91 Å². The average Bonchev–Trinajstić information content (AvgIpc) is 2.51. The predicted molar refractivity (Wildman–Crippen MR) is 86.4 cm³/mol. The first-order chi connectivity index (χ1) is 10.2. The minimum Gasteiger partial charge on any atom is -0.497 e. The number of aryl methyl sites for hydroxylation is 1. The third-order valence-corrected chi connectivity index (χ3v) is 3.66. The van der Waals surface area contributed by atoms with E-state index < -0.39 is 0 Å². The predicted octanol–water partition coefficient (Wildman–Crippen LogP) is 2.51. The maximum absolute atomic E-state index is 11.9. The number of nitrogens with one attached hydrogen (secondary N) is 1. The zero-order valence-electron chi connectivity index (χ0n) is 13.2. The largest absolute Gasteiger partial charge is 0.497 e. The summed E-state index contributed by atoms with van der Waals surface area (Å²) in [4.78, 5) is 11.9. The number of methoxy groups -OCH3 is 1. The second kappa shape index (κ2) is 10.2. The molecule has 3 N–H and O–H groups in total. The summed E-state index contributed by atoms with van der Waals surface area (Å²) in [5.41, 5.74) is 6.75. The lowest BCUT2D eigenvalue weighted by Gasteiger charge is -2.15. The molecule has 118 valence electrons. The van der Waals surface area contributed by atoms with Crippen molar-refractivity contribution < 1.29 is 9.53 Å². The molecule has 1 unspecified atom stereocenters. The van der Waals surface area contributed by atoms with Crippen LogP contribution in [0, 0.1) is 5.92 Å². The van der Waals surface area contributed by atoms with Crippen molar-refractivity contribution in [2.24, 2.45) is 11.7 Å². The van der Waals surface area contributed by atoms with E-state index in [1.807, 2.05) is 24.3 Å². The summed E-state index contributed by atoms with van der Waals surface area (Å²) in [6.45, 7) is 3.59. The molecule has 21 heavy (non-hydrogen) atoms. The Bertz CT molecular complexity index is 398. The van der Waals surface area contributed by atoms with E-state index in [1.54, 1.807) is 7.11 Å².